The zero-order valence-corrected chi connectivity index (χ0v) is 16.1. The van der Waals surface area contributed by atoms with Gasteiger partial charge in [-0.2, -0.15) is 0 Å². The van der Waals surface area contributed by atoms with Gasteiger partial charge < -0.3 is 14.2 Å². The number of imide groups is 1. The van der Waals surface area contributed by atoms with Crippen LogP contribution in [0.2, 0.25) is 0 Å². The summed E-state index contributed by atoms with van der Waals surface area (Å²) in [5.41, 5.74) is -0.937. The first-order valence-electron chi connectivity index (χ1n) is 7.93. The molecule has 2 aliphatic rings. The van der Waals surface area contributed by atoms with Crippen LogP contribution in [-0.4, -0.2) is 31.0 Å². The van der Waals surface area contributed by atoms with Gasteiger partial charge >= 0.3 is 6.09 Å². The van der Waals surface area contributed by atoms with E-state index >= 15 is 0 Å². The molecule has 0 radical (unpaired) electrons. The van der Waals surface area contributed by atoms with E-state index in [1.807, 2.05) is 6.08 Å². The minimum atomic E-state index is -1.30. The van der Waals surface area contributed by atoms with Gasteiger partial charge in [0.15, 0.2) is 11.9 Å². The van der Waals surface area contributed by atoms with Crippen LogP contribution in [-0.2, 0) is 24.6 Å². The van der Waals surface area contributed by atoms with Crippen LogP contribution in [0.3, 0.4) is 0 Å². The Bertz CT molecular complexity index is 754. The zero-order chi connectivity index (χ0) is 18.4. The molecule has 1 aromatic rings. The van der Waals surface area contributed by atoms with E-state index in [9.17, 15) is 9.59 Å². The summed E-state index contributed by atoms with van der Waals surface area (Å²) in [6, 6.07) is 5.28. The van der Waals surface area contributed by atoms with Gasteiger partial charge in [0.25, 0.3) is 5.91 Å². The fourth-order valence-corrected chi connectivity index (χ4v) is 3.35. The van der Waals surface area contributed by atoms with Gasteiger partial charge in [-0.25, -0.2) is 9.69 Å². The van der Waals surface area contributed by atoms with E-state index in [0.29, 0.717) is 17.7 Å². The number of rotatable bonds is 1. The van der Waals surface area contributed by atoms with Gasteiger partial charge in [0.1, 0.15) is 5.60 Å². The van der Waals surface area contributed by atoms with Crippen molar-refractivity contribution in [2.24, 2.45) is 0 Å². The Morgan fingerprint density at radius 3 is 2.76 bits per heavy atom. The van der Waals surface area contributed by atoms with Crippen molar-refractivity contribution in [3.63, 3.8) is 0 Å². The number of fused-ring (bicyclic) bond motifs is 2. The molecule has 2 atom stereocenters. The molecule has 7 heteroatoms. The van der Waals surface area contributed by atoms with Crippen molar-refractivity contribution in [1.82, 2.24) is 0 Å². The lowest BCUT2D eigenvalue weighted by molar-refractivity contribution is -0.190. The summed E-state index contributed by atoms with van der Waals surface area (Å²) < 4.78 is 17.4. The Balaban J connectivity index is 2.09. The van der Waals surface area contributed by atoms with Crippen LogP contribution in [0.1, 0.15) is 32.8 Å². The maximum Gasteiger partial charge on any atom is 0.421 e. The fourth-order valence-electron chi connectivity index (χ4n) is 2.99. The van der Waals surface area contributed by atoms with Gasteiger partial charge in [0.2, 0.25) is 0 Å². The molecule has 3 rings (SSSR count). The Labute approximate surface area is 154 Å². The number of carbonyl (C=O) groups excluding carboxylic acids is 2. The third-order valence-electron chi connectivity index (χ3n) is 4.01. The lowest BCUT2D eigenvalue weighted by atomic mass is 9.90. The van der Waals surface area contributed by atoms with E-state index in [1.165, 1.54) is 7.11 Å². The number of halogens is 1. The Hall–Kier alpha value is -1.70. The molecule has 2 aliphatic heterocycles. The smallest absolute Gasteiger partial charge is 0.421 e. The molecule has 0 fully saturated rings. The molecular formula is C18H20BrNO5. The van der Waals surface area contributed by atoms with Gasteiger partial charge in [-0.05, 0) is 45.0 Å². The number of hydrogen-bond acceptors (Lipinski definition) is 5. The largest absolute Gasteiger partial charge is 0.443 e. The fraction of sp³-hybridized carbons (Fsp3) is 0.444. The first-order chi connectivity index (χ1) is 11.7. The maximum atomic E-state index is 13.2. The van der Waals surface area contributed by atoms with Gasteiger partial charge in [-0.15, -0.1) is 0 Å². The molecule has 1 spiro atoms. The number of benzene rings is 1. The molecule has 6 nitrogen and oxygen atoms in total. The van der Waals surface area contributed by atoms with Crippen molar-refractivity contribution in [3.8, 4) is 0 Å². The van der Waals surface area contributed by atoms with Crippen molar-refractivity contribution < 1.29 is 23.8 Å². The number of ether oxygens (including phenoxy) is 3. The molecule has 2 amide bonds. The molecule has 0 aromatic heterocycles. The Kier molecular flexibility index (Phi) is 4.51. The summed E-state index contributed by atoms with van der Waals surface area (Å²) in [6.45, 7) is 5.26. The van der Waals surface area contributed by atoms with E-state index in [4.69, 9.17) is 14.2 Å². The second-order valence-corrected chi connectivity index (χ2v) is 7.88. The van der Waals surface area contributed by atoms with Crippen LogP contribution >= 0.6 is 15.9 Å². The quantitative estimate of drug-likeness (QED) is 0.658. The van der Waals surface area contributed by atoms with Crippen molar-refractivity contribution in [2.75, 3.05) is 12.0 Å². The van der Waals surface area contributed by atoms with Crippen molar-refractivity contribution in [3.05, 3.63) is 40.4 Å². The molecule has 2 heterocycles. The van der Waals surface area contributed by atoms with E-state index in [1.54, 1.807) is 45.0 Å². The topological polar surface area (TPSA) is 65.1 Å². The molecule has 0 N–H and O–H groups in total. The van der Waals surface area contributed by atoms with E-state index in [0.717, 1.165) is 9.37 Å². The van der Waals surface area contributed by atoms with Crippen LogP contribution in [0.25, 0.3) is 0 Å². The normalized spacial score (nSPS) is 25.4. The summed E-state index contributed by atoms with van der Waals surface area (Å²) >= 11 is 3.42. The third kappa shape index (κ3) is 3.12. The highest BCUT2D eigenvalue weighted by molar-refractivity contribution is 9.10. The van der Waals surface area contributed by atoms with Crippen LogP contribution in [0.4, 0.5) is 10.5 Å². The van der Waals surface area contributed by atoms with Crippen LogP contribution < -0.4 is 4.90 Å². The summed E-state index contributed by atoms with van der Waals surface area (Å²) in [5, 5.41) is 0. The summed E-state index contributed by atoms with van der Waals surface area (Å²) in [6.07, 6.45) is 2.51. The number of methoxy groups -OCH3 is 1. The molecule has 1 unspecified atom stereocenters. The van der Waals surface area contributed by atoms with Crippen LogP contribution in [0.15, 0.2) is 34.8 Å². The number of anilines is 1. The maximum absolute atomic E-state index is 13.2. The molecule has 0 aliphatic carbocycles. The lowest BCUT2D eigenvalue weighted by Gasteiger charge is -2.33. The second kappa shape index (κ2) is 6.23. The minimum Gasteiger partial charge on any atom is -0.443 e. The molecule has 1 aromatic carbocycles. The van der Waals surface area contributed by atoms with Gasteiger partial charge in [-0.3, -0.25) is 4.79 Å². The molecule has 0 saturated heterocycles. The minimum absolute atomic E-state index is 0.314. The highest BCUT2D eigenvalue weighted by Crippen LogP contribution is 2.48. The number of nitrogens with zero attached hydrogens (tertiary/aromatic N) is 1. The monoisotopic (exact) mass is 409 g/mol. The van der Waals surface area contributed by atoms with Crippen molar-refractivity contribution in [2.45, 2.75) is 44.7 Å². The van der Waals surface area contributed by atoms with Gasteiger partial charge in [-0.1, -0.05) is 22.0 Å². The predicted molar refractivity (Wildman–Crippen MR) is 95.2 cm³/mol. The SMILES string of the molecule is COC1C=CC[C@]2(O1)C(=O)N(C(=O)OC(C)(C)C)c1ccc(Br)cc12. The first kappa shape index (κ1) is 18.1. The highest BCUT2D eigenvalue weighted by atomic mass is 79.9. The third-order valence-corrected chi connectivity index (χ3v) is 4.50. The van der Waals surface area contributed by atoms with Crippen molar-refractivity contribution >= 4 is 33.6 Å². The Morgan fingerprint density at radius 1 is 1.40 bits per heavy atom. The lowest BCUT2D eigenvalue weighted by Crippen LogP contribution is -2.48. The standard InChI is InChI=1S/C18H20BrNO5/c1-17(2,3)25-16(22)20-13-8-7-11(19)10-12(13)18(15(20)21)9-5-6-14(23-4)24-18/h5-8,10,14H,9H2,1-4H3/t14?,18-/m1/s1. The number of hydrogen-bond donors (Lipinski definition) is 0. The average molecular weight is 410 g/mol. The molecule has 134 valence electrons. The van der Waals surface area contributed by atoms with Crippen LogP contribution in [0, 0.1) is 0 Å². The van der Waals surface area contributed by atoms with E-state index < -0.39 is 29.5 Å². The first-order valence-corrected chi connectivity index (χ1v) is 8.72. The van der Waals surface area contributed by atoms with Crippen molar-refractivity contribution in [1.29, 1.82) is 0 Å². The average Bonchev–Trinajstić information content (AvgIpc) is 2.75. The molecule has 0 bridgehead atoms. The second-order valence-electron chi connectivity index (χ2n) is 6.96. The zero-order valence-electron chi connectivity index (χ0n) is 14.5. The molecule has 25 heavy (non-hydrogen) atoms. The molecular weight excluding hydrogens is 390 g/mol. The van der Waals surface area contributed by atoms with Crippen LogP contribution in [0.5, 0.6) is 0 Å². The summed E-state index contributed by atoms with van der Waals surface area (Å²) in [7, 11) is 1.50. The van der Waals surface area contributed by atoms with Gasteiger partial charge in [0, 0.05) is 23.6 Å². The highest BCUT2D eigenvalue weighted by Gasteiger charge is 2.56. The summed E-state index contributed by atoms with van der Waals surface area (Å²) in [4.78, 5) is 27.0. The number of amides is 2. The number of carbonyl (C=O) groups is 2. The predicted octanol–water partition coefficient (Wildman–Crippen LogP) is 3.88. The Morgan fingerprint density at radius 2 is 2.12 bits per heavy atom. The molecule has 0 saturated carbocycles. The van der Waals surface area contributed by atoms with E-state index in [2.05, 4.69) is 15.9 Å². The summed E-state index contributed by atoms with van der Waals surface area (Å²) in [5.74, 6) is -0.471. The van der Waals surface area contributed by atoms with E-state index in [-0.39, 0.29) is 0 Å². The van der Waals surface area contributed by atoms with Gasteiger partial charge in [0.05, 0.1) is 5.69 Å².